The van der Waals surface area contributed by atoms with Gasteiger partial charge in [-0.15, -0.1) is 0 Å². The highest BCUT2D eigenvalue weighted by Gasteiger charge is 2.24. The van der Waals surface area contributed by atoms with E-state index in [4.69, 9.17) is 15.3 Å². The SMILES string of the molecule is C1CCC(C2CCCCC2)CC1.O=C1C=CCCC1.O=C1CCCCC1.O=C1CCCCC1.OC1CCCCC1.Oc1ccccc1.Oc1ccccc1.[HH].c1ccc(C2CCCCC2)cc1. The van der Waals surface area contributed by atoms with Gasteiger partial charge < -0.3 is 15.3 Å². The zero-order valence-electron chi connectivity index (χ0n) is 41.0. The van der Waals surface area contributed by atoms with Gasteiger partial charge in [0.15, 0.2) is 5.78 Å². The van der Waals surface area contributed by atoms with Crippen molar-refractivity contribution in [3.63, 3.8) is 0 Å². The number of phenols is 2. The minimum Gasteiger partial charge on any atom is -0.508 e. The molecule has 66 heavy (non-hydrogen) atoms. The predicted molar refractivity (Wildman–Crippen MR) is 277 cm³/mol. The molecule has 0 aromatic heterocycles. The number of aliphatic hydroxyl groups is 1. The maximum atomic E-state index is 10.5. The van der Waals surface area contributed by atoms with Gasteiger partial charge in [0.05, 0.1) is 6.10 Å². The number of Topliss-reactive ketones (excluding diaryl/α,β-unsaturated/α-hetero) is 2. The molecule has 0 aliphatic heterocycles. The molecule has 0 bridgehead atoms. The third kappa shape index (κ3) is 29.6. The number of aromatic hydroxyl groups is 2. The number of hydrogen-bond donors (Lipinski definition) is 3. The molecular weight excluding hydrogens is 817 g/mol. The van der Waals surface area contributed by atoms with Crippen molar-refractivity contribution in [2.75, 3.05) is 0 Å². The Kier molecular flexibility index (Phi) is 32.4. The number of ketones is 3. The Labute approximate surface area is 403 Å². The maximum absolute atomic E-state index is 10.5. The molecule has 0 spiro atoms. The number of para-hydroxylation sites is 2. The minimum atomic E-state index is 0. The average molecular weight is 909 g/mol. The lowest BCUT2D eigenvalue weighted by Crippen LogP contribution is -2.20. The molecule has 0 atom stereocenters. The summed E-state index contributed by atoms with van der Waals surface area (Å²) >= 11 is 0. The van der Waals surface area contributed by atoms with Crippen LogP contribution in [0.5, 0.6) is 11.5 Å². The van der Waals surface area contributed by atoms with Crippen LogP contribution in [0.4, 0.5) is 0 Å². The van der Waals surface area contributed by atoms with Gasteiger partial charge in [0.1, 0.15) is 23.1 Å². The molecular formula is C60H92O6. The number of hydrogen-bond acceptors (Lipinski definition) is 6. The Balaban J connectivity index is 0.000000266. The molecule has 3 aromatic carbocycles. The van der Waals surface area contributed by atoms with Crippen molar-refractivity contribution in [2.24, 2.45) is 11.8 Å². The smallest absolute Gasteiger partial charge is 0.155 e. The van der Waals surface area contributed by atoms with Gasteiger partial charge in [-0.1, -0.05) is 188 Å². The van der Waals surface area contributed by atoms with E-state index in [0.29, 0.717) is 23.1 Å². The van der Waals surface area contributed by atoms with Crippen LogP contribution >= 0.6 is 0 Å². The Morgan fingerprint density at radius 1 is 0.379 bits per heavy atom. The first-order valence-corrected chi connectivity index (χ1v) is 26.7. The van der Waals surface area contributed by atoms with Gasteiger partial charge in [0, 0.05) is 33.5 Å². The normalized spacial score (nSPS) is 20.2. The fourth-order valence-electron chi connectivity index (χ4n) is 9.89. The first-order chi connectivity index (χ1) is 32.3. The molecule has 7 aliphatic rings. The maximum Gasteiger partial charge on any atom is 0.155 e. The quantitative estimate of drug-likeness (QED) is 0.236. The number of rotatable bonds is 2. The largest absolute Gasteiger partial charge is 0.508 e. The summed E-state index contributed by atoms with van der Waals surface area (Å²) in [5.74, 6) is 4.99. The van der Waals surface area contributed by atoms with Crippen LogP contribution in [0.3, 0.4) is 0 Å². The van der Waals surface area contributed by atoms with Crippen LogP contribution in [0.15, 0.2) is 103 Å². The lowest BCUT2D eigenvalue weighted by molar-refractivity contribution is -0.121. The summed E-state index contributed by atoms with van der Waals surface area (Å²) in [4.78, 5) is 31.3. The topological polar surface area (TPSA) is 112 Å². The van der Waals surface area contributed by atoms with Crippen molar-refractivity contribution < 1.29 is 31.1 Å². The van der Waals surface area contributed by atoms with Crippen LogP contribution in [0.1, 0.15) is 225 Å². The van der Waals surface area contributed by atoms with E-state index < -0.39 is 0 Å². The summed E-state index contributed by atoms with van der Waals surface area (Å²) in [5.41, 5.74) is 1.55. The lowest BCUT2D eigenvalue weighted by Gasteiger charge is -2.32. The molecule has 368 valence electrons. The van der Waals surface area contributed by atoms with E-state index in [-0.39, 0.29) is 13.3 Å². The highest BCUT2D eigenvalue weighted by Crippen LogP contribution is 2.38. The second-order valence-corrected chi connectivity index (χ2v) is 19.5. The Morgan fingerprint density at radius 2 is 0.727 bits per heavy atom. The molecule has 10 rings (SSSR count). The monoisotopic (exact) mass is 909 g/mol. The van der Waals surface area contributed by atoms with Crippen molar-refractivity contribution in [2.45, 2.75) is 224 Å². The number of carbonyl (C=O) groups is 3. The number of allylic oxidation sites excluding steroid dienone is 2. The summed E-state index contributed by atoms with van der Waals surface area (Å²) in [6.07, 6.45) is 45.4. The third-order valence-corrected chi connectivity index (χ3v) is 13.8. The third-order valence-electron chi connectivity index (χ3n) is 13.8. The second kappa shape index (κ2) is 38.0. The van der Waals surface area contributed by atoms with Crippen LogP contribution in [-0.2, 0) is 14.4 Å². The van der Waals surface area contributed by atoms with E-state index in [1.165, 1.54) is 103 Å². The first-order valence-electron chi connectivity index (χ1n) is 26.7. The Bertz CT molecular complexity index is 1550. The van der Waals surface area contributed by atoms with E-state index in [2.05, 4.69) is 30.3 Å². The van der Waals surface area contributed by atoms with Gasteiger partial charge in [0.25, 0.3) is 0 Å². The van der Waals surface area contributed by atoms with Gasteiger partial charge in [-0.05, 0) is 118 Å². The highest BCUT2D eigenvalue weighted by molar-refractivity contribution is 5.90. The van der Waals surface area contributed by atoms with E-state index in [9.17, 15) is 14.4 Å². The van der Waals surface area contributed by atoms with Gasteiger partial charge in [-0.25, -0.2) is 0 Å². The fourth-order valence-corrected chi connectivity index (χ4v) is 9.89. The van der Waals surface area contributed by atoms with Crippen LogP contribution < -0.4 is 0 Å². The number of aliphatic hydroxyl groups excluding tert-OH is 1. The van der Waals surface area contributed by atoms with E-state index >= 15 is 0 Å². The molecule has 3 aromatic rings. The average Bonchev–Trinajstić information content (AvgIpc) is 3.38. The molecule has 0 amide bonds. The minimum absolute atomic E-state index is 0. The van der Waals surface area contributed by atoms with Crippen molar-refractivity contribution >= 4 is 17.3 Å². The van der Waals surface area contributed by atoms with Crippen LogP contribution in [0, 0.1) is 11.8 Å². The fraction of sp³-hybridized carbons (Fsp3) is 0.617. The second-order valence-electron chi connectivity index (χ2n) is 19.5. The summed E-state index contributed by atoms with van der Waals surface area (Å²) in [6.45, 7) is 0. The van der Waals surface area contributed by atoms with E-state index in [1.54, 1.807) is 85.9 Å². The number of carbonyl (C=O) groups excluding carboxylic acids is 3. The summed E-state index contributed by atoms with van der Waals surface area (Å²) in [5, 5.41) is 26.2. The van der Waals surface area contributed by atoms with Gasteiger partial charge in [-0.2, -0.15) is 0 Å². The van der Waals surface area contributed by atoms with Crippen molar-refractivity contribution in [1.29, 1.82) is 0 Å². The lowest BCUT2D eigenvalue weighted by atomic mass is 9.73. The summed E-state index contributed by atoms with van der Waals surface area (Å²) < 4.78 is 0. The molecule has 3 N–H and O–H groups in total. The van der Waals surface area contributed by atoms with Gasteiger partial charge >= 0.3 is 0 Å². The van der Waals surface area contributed by atoms with Gasteiger partial charge in [-0.3, -0.25) is 14.4 Å². The molecule has 0 unspecified atom stereocenters. The van der Waals surface area contributed by atoms with Crippen molar-refractivity contribution in [3.05, 3.63) is 109 Å². The summed E-state index contributed by atoms with van der Waals surface area (Å²) in [6, 6.07) is 28.4. The standard InChI is InChI=1S/C12H22.C12H16.C6H12O.2C6H10O.C6H8O.2C6H6O.H2/c2*1-3-7-11(8-4-1)12-9-5-2-6-10-12;6*7-6-4-2-1-3-5-6;/h11-12H,1-10H2;1,3-4,7-8,12H,2,5-6,9-10H2;6-7H,1-5H2;2*1-5H2;2,4H,1,3,5H2;2*1-5,7H;1H. The summed E-state index contributed by atoms with van der Waals surface area (Å²) in [7, 11) is 0. The molecule has 6 nitrogen and oxygen atoms in total. The van der Waals surface area contributed by atoms with Crippen LogP contribution in [0.2, 0.25) is 0 Å². The first kappa shape index (κ1) is 56.3. The van der Waals surface area contributed by atoms with E-state index in [1.807, 2.05) is 18.2 Å². The van der Waals surface area contributed by atoms with Crippen LogP contribution in [-0.4, -0.2) is 38.8 Å². The predicted octanol–water partition coefficient (Wildman–Crippen LogP) is 16.6. The highest BCUT2D eigenvalue weighted by atomic mass is 16.3. The van der Waals surface area contributed by atoms with Crippen LogP contribution in [0.25, 0.3) is 0 Å². The number of benzene rings is 3. The molecule has 0 saturated heterocycles. The number of phenolic OH excluding ortho intramolecular Hbond substituents is 2. The zero-order valence-corrected chi connectivity index (χ0v) is 41.0. The Morgan fingerprint density at radius 3 is 0.985 bits per heavy atom. The molecule has 0 radical (unpaired) electrons. The molecule has 6 fully saturated rings. The van der Waals surface area contributed by atoms with Crippen molar-refractivity contribution in [1.82, 2.24) is 0 Å². The molecule has 6 saturated carbocycles. The Hall–Kier alpha value is -4.03. The molecule has 6 heteroatoms. The molecule has 7 aliphatic carbocycles. The van der Waals surface area contributed by atoms with E-state index in [0.717, 1.165) is 101 Å². The van der Waals surface area contributed by atoms with Gasteiger partial charge in [0.2, 0.25) is 0 Å². The van der Waals surface area contributed by atoms with Crippen molar-refractivity contribution in [3.8, 4) is 11.5 Å². The molecule has 0 heterocycles. The zero-order chi connectivity index (χ0) is 47.1.